The molecule has 2 fully saturated rings. The number of carbonyl (C=O) groups excluding carboxylic acids is 1. The number of carbonyl (C=O) groups is 1. The Labute approximate surface area is 116 Å². The Morgan fingerprint density at radius 3 is 2.47 bits per heavy atom. The molecule has 110 valence electrons. The van der Waals surface area contributed by atoms with Crippen molar-refractivity contribution in [1.29, 1.82) is 0 Å². The summed E-state index contributed by atoms with van der Waals surface area (Å²) in [4.78, 5) is 13.8. The largest absolute Gasteiger partial charge is 0.444 e. The zero-order chi connectivity index (χ0) is 14.1. The van der Waals surface area contributed by atoms with E-state index < -0.39 is 5.60 Å². The smallest absolute Gasteiger partial charge is 0.410 e. The molecule has 1 aliphatic carbocycles. The van der Waals surface area contributed by atoms with Gasteiger partial charge in [0.25, 0.3) is 0 Å². The maximum absolute atomic E-state index is 12.1. The van der Waals surface area contributed by atoms with Gasteiger partial charge in [-0.1, -0.05) is 19.3 Å². The van der Waals surface area contributed by atoms with Crippen molar-refractivity contribution in [3.63, 3.8) is 0 Å². The molecule has 2 rings (SSSR count). The first-order chi connectivity index (χ1) is 8.81. The summed E-state index contributed by atoms with van der Waals surface area (Å²) in [6.07, 6.45) is 6.83. The van der Waals surface area contributed by atoms with Crippen molar-refractivity contribution in [2.45, 2.75) is 76.5 Å². The lowest BCUT2D eigenvalue weighted by atomic mass is 9.82. The quantitative estimate of drug-likeness (QED) is 0.733. The Morgan fingerprint density at radius 1 is 1.26 bits per heavy atom. The van der Waals surface area contributed by atoms with Gasteiger partial charge < -0.3 is 14.4 Å². The van der Waals surface area contributed by atoms with E-state index in [0.717, 1.165) is 19.3 Å². The molecule has 0 aromatic carbocycles. The number of amides is 1. The minimum atomic E-state index is -0.437. The second-order valence-electron chi connectivity index (χ2n) is 7.00. The lowest BCUT2D eigenvalue weighted by Gasteiger charge is -2.33. The molecular weight excluding hydrogens is 242 g/mol. The lowest BCUT2D eigenvalue weighted by molar-refractivity contribution is -0.0256. The summed E-state index contributed by atoms with van der Waals surface area (Å²) in [6, 6.07) is 0.160. The van der Waals surface area contributed by atoms with E-state index in [1.54, 1.807) is 4.90 Å². The fourth-order valence-electron chi connectivity index (χ4n) is 3.10. The van der Waals surface area contributed by atoms with E-state index in [1.807, 2.05) is 27.8 Å². The van der Waals surface area contributed by atoms with E-state index in [0.29, 0.717) is 6.61 Å². The Hall–Kier alpha value is -0.770. The van der Waals surface area contributed by atoms with E-state index in [2.05, 4.69) is 0 Å². The van der Waals surface area contributed by atoms with Crippen LogP contribution in [0.3, 0.4) is 0 Å². The highest BCUT2D eigenvalue weighted by atomic mass is 16.6. The molecule has 19 heavy (non-hydrogen) atoms. The number of ether oxygens (including phenoxy) is 2. The number of hydrogen-bond acceptors (Lipinski definition) is 3. The van der Waals surface area contributed by atoms with Crippen molar-refractivity contribution in [1.82, 2.24) is 4.90 Å². The predicted octanol–water partition coefficient (Wildman–Crippen LogP) is 3.35. The average Bonchev–Trinajstić information content (AvgIpc) is 2.71. The first-order valence-corrected chi connectivity index (χ1v) is 7.41. The van der Waals surface area contributed by atoms with Crippen LogP contribution < -0.4 is 0 Å². The highest BCUT2D eigenvalue weighted by Crippen LogP contribution is 2.40. The van der Waals surface area contributed by atoms with Crippen molar-refractivity contribution in [2.24, 2.45) is 0 Å². The molecule has 4 heteroatoms. The van der Waals surface area contributed by atoms with Crippen LogP contribution in [-0.4, -0.2) is 41.9 Å². The van der Waals surface area contributed by atoms with Crippen LogP contribution in [0.15, 0.2) is 0 Å². The third-order valence-corrected chi connectivity index (χ3v) is 4.18. The van der Waals surface area contributed by atoms with Crippen LogP contribution >= 0.6 is 0 Å². The van der Waals surface area contributed by atoms with Crippen LogP contribution in [0.25, 0.3) is 0 Å². The molecule has 1 saturated heterocycles. The van der Waals surface area contributed by atoms with Crippen molar-refractivity contribution < 1.29 is 14.3 Å². The molecule has 0 N–H and O–H groups in total. The van der Waals surface area contributed by atoms with Gasteiger partial charge in [-0.05, 0) is 40.0 Å². The zero-order valence-corrected chi connectivity index (χ0v) is 12.7. The monoisotopic (exact) mass is 269 g/mol. The fourth-order valence-corrected chi connectivity index (χ4v) is 3.10. The maximum atomic E-state index is 12.1. The van der Waals surface area contributed by atoms with Gasteiger partial charge in [0.1, 0.15) is 5.60 Å². The van der Waals surface area contributed by atoms with E-state index in [9.17, 15) is 4.79 Å². The third kappa shape index (κ3) is 3.62. The van der Waals surface area contributed by atoms with Crippen LogP contribution in [0, 0.1) is 0 Å². The Bertz CT molecular complexity index is 329. The minimum Gasteiger partial charge on any atom is -0.444 e. The number of hydrogen-bond donors (Lipinski definition) is 0. The van der Waals surface area contributed by atoms with Crippen molar-refractivity contribution in [3.05, 3.63) is 0 Å². The Morgan fingerprint density at radius 2 is 1.89 bits per heavy atom. The van der Waals surface area contributed by atoms with Gasteiger partial charge in [0.05, 0.1) is 18.2 Å². The molecule has 1 amide bonds. The topological polar surface area (TPSA) is 38.8 Å². The molecule has 0 aromatic rings. The van der Waals surface area contributed by atoms with Crippen LogP contribution in [0.2, 0.25) is 0 Å². The van der Waals surface area contributed by atoms with Gasteiger partial charge in [-0.3, -0.25) is 0 Å². The summed E-state index contributed by atoms with van der Waals surface area (Å²) in [5.74, 6) is 0. The summed E-state index contributed by atoms with van der Waals surface area (Å²) in [5, 5.41) is 0. The summed E-state index contributed by atoms with van der Waals surface area (Å²) in [6.45, 7) is 6.33. The molecule has 0 bridgehead atoms. The molecule has 2 aliphatic rings. The van der Waals surface area contributed by atoms with Gasteiger partial charge in [0.2, 0.25) is 0 Å². The van der Waals surface area contributed by atoms with Crippen molar-refractivity contribution >= 4 is 6.09 Å². The summed E-state index contributed by atoms with van der Waals surface area (Å²) in [7, 11) is 1.82. The number of likely N-dealkylation sites (N-methyl/N-ethyl adjacent to an activating group) is 1. The first-order valence-electron chi connectivity index (χ1n) is 7.41. The fraction of sp³-hybridized carbons (Fsp3) is 0.933. The maximum Gasteiger partial charge on any atom is 0.410 e. The molecule has 1 heterocycles. The van der Waals surface area contributed by atoms with Gasteiger partial charge in [-0.2, -0.15) is 0 Å². The second-order valence-corrected chi connectivity index (χ2v) is 7.00. The van der Waals surface area contributed by atoms with Crippen molar-refractivity contribution in [3.8, 4) is 0 Å². The van der Waals surface area contributed by atoms with Crippen LogP contribution in [0.1, 0.15) is 59.3 Å². The zero-order valence-electron chi connectivity index (χ0n) is 12.7. The molecular formula is C15H27NO3. The summed E-state index contributed by atoms with van der Waals surface area (Å²) < 4.78 is 11.5. The van der Waals surface area contributed by atoms with Crippen LogP contribution in [0.5, 0.6) is 0 Å². The van der Waals surface area contributed by atoms with Gasteiger partial charge in [-0.15, -0.1) is 0 Å². The molecule has 1 aliphatic heterocycles. The predicted molar refractivity (Wildman–Crippen MR) is 74.2 cm³/mol. The van der Waals surface area contributed by atoms with Gasteiger partial charge in [-0.25, -0.2) is 4.79 Å². The highest BCUT2D eigenvalue weighted by molar-refractivity contribution is 5.68. The van der Waals surface area contributed by atoms with Crippen LogP contribution in [-0.2, 0) is 9.47 Å². The second kappa shape index (κ2) is 5.31. The standard InChI is InChI=1S/C15H27NO3/c1-14(2,3)19-13(17)16(4)12-10-15(18-11-12)8-6-5-7-9-15/h12H,5-11H2,1-4H3/t12-/m1/s1. The third-order valence-electron chi connectivity index (χ3n) is 4.18. The molecule has 0 unspecified atom stereocenters. The average molecular weight is 269 g/mol. The van der Waals surface area contributed by atoms with Crippen LogP contribution in [0.4, 0.5) is 4.79 Å². The minimum absolute atomic E-state index is 0.0409. The Kier molecular flexibility index (Phi) is 4.09. The van der Waals surface area contributed by atoms with E-state index in [1.165, 1.54) is 19.3 Å². The molecule has 1 saturated carbocycles. The lowest BCUT2D eigenvalue weighted by Crippen LogP contribution is -2.42. The highest BCUT2D eigenvalue weighted by Gasteiger charge is 2.43. The normalized spacial score (nSPS) is 26.4. The summed E-state index contributed by atoms with van der Waals surface area (Å²) >= 11 is 0. The van der Waals surface area contributed by atoms with Gasteiger partial charge in [0.15, 0.2) is 0 Å². The molecule has 0 radical (unpaired) electrons. The first kappa shape index (κ1) is 14.6. The summed E-state index contributed by atoms with van der Waals surface area (Å²) in [5.41, 5.74) is -0.396. The van der Waals surface area contributed by atoms with E-state index in [-0.39, 0.29) is 17.7 Å². The van der Waals surface area contributed by atoms with Gasteiger partial charge in [0, 0.05) is 7.05 Å². The molecule has 4 nitrogen and oxygen atoms in total. The molecule has 1 atom stereocenters. The van der Waals surface area contributed by atoms with Gasteiger partial charge >= 0.3 is 6.09 Å². The van der Waals surface area contributed by atoms with E-state index >= 15 is 0 Å². The molecule has 0 aromatic heterocycles. The van der Waals surface area contributed by atoms with Crippen molar-refractivity contribution in [2.75, 3.05) is 13.7 Å². The SMILES string of the molecule is CN(C(=O)OC(C)(C)C)[C@H]1COC2(CCCCC2)C1. The Balaban J connectivity index is 1.91. The van der Waals surface area contributed by atoms with E-state index in [4.69, 9.17) is 9.47 Å². The number of rotatable bonds is 1. The molecule has 1 spiro atoms. The number of nitrogens with zero attached hydrogens (tertiary/aromatic N) is 1.